The lowest BCUT2D eigenvalue weighted by atomic mass is 10.1. The first kappa shape index (κ1) is 16.5. The van der Waals surface area contributed by atoms with Crippen LogP contribution in [0.1, 0.15) is 33.2 Å². The monoisotopic (exact) mass is 314 g/mol. The van der Waals surface area contributed by atoms with Gasteiger partial charge in [-0.3, -0.25) is 4.79 Å². The van der Waals surface area contributed by atoms with Crippen molar-refractivity contribution in [1.29, 1.82) is 0 Å². The van der Waals surface area contributed by atoms with Gasteiger partial charge >= 0.3 is 5.97 Å². The number of esters is 1. The number of hydrogen-bond donors (Lipinski definition) is 1. The largest absolute Gasteiger partial charge is 0.507 e. The van der Waals surface area contributed by atoms with Crippen molar-refractivity contribution in [3.8, 4) is 11.5 Å². The van der Waals surface area contributed by atoms with Crippen LogP contribution in [-0.4, -0.2) is 30.1 Å². The van der Waals surface area contributed by atoms with E-state index in [1.807, 2.05) is 0 Å². The van der Waals surface area contributed by atoms with Gasteiger partial charge in [0.15, 0.2) is 6.10 Å². The Morgan fingerprint density at radius 1 is 1.09 bits per heavy atom. The molecular formula is C18H18O5. The minimum atomic E-state index is -0.961. The zero-order chi connectivity index (χ0) is 17.0. The topological polar surface area (TPSA) is 72.8 Å². The van der Waals surface area contributed by atoms with Gasteiger partial charge < -0.3 is 14.6 Å². The molecule has 0 aliphatic carbocycles. The van der Waals surface area contributed by atoms with Gasteiger partial charge in [0.25, 0.3) is 0 Å². The number of ketones is 1. The molecule has 0 heterocycles. The molecule has 5 heteroatoms. The van der Waals surface area contributed by atoms with E-state index in [1.165, 1.54) is 26.2 Å². The predicted molar refractivity (Wildman–Crippen MR) is 85.0 cm³/mol. The molecule has 0 saturated carbocycles. The van der Waals surface area contributed by atoms with E-state index >= 15 is 0 Å². The number of rotatable bonds is 5. The fourth-order valence-corrected chi connectivity index (χ4v) is 2.08. The number of aryl methyl sites for hydroxylation is 1. The van der Waals surface area contributed by atoms with Gasteiger partial charge in [0.05, 0.1) is 7.11 Å². The summed E-state index contributed by atoms with van der Waals surface area (Å²) in [7, 11) is 1.54. The van der Waals surface area contributed by atoms with E-state index in [0.29, 0.717) is 11.3 Å². The van der Waals surface area contributed by atoms with E-state index in [2.05, 4.69) is 0 Å². The van der Waals surface area contributed by atoms with Gasteiger partial charge in [-0.2, -0.15) is 0 Å². The molecule has 2 aromatic carbocycles. The van der Waals surface area contributed by atoms with Gasteiger partial charge in [0, 0.05) is 5.56 Å². The van der Waals surface area contributed by atoms with Gasteiger partial charge in [0.2, 0.25) is 5.78 Å². The first-order valence-corrected chi connectivity index (χ1v) is 7.11. The average Bonchev–Trinajstić information content (AvgIpc) is 2.54. The first-order valence-electron chi connectivity index (χ1n) is 7.11. The Morgan fingerprint density at radius 3 is 2.30 bits per heavy atom. The average molecular weight is 314 g/mol. The Labute approximate surface area is 134 Å². The normalized spacial score (nSPS) is 11.6. The smallest absolute Gasteiger partial charge is 0.342 e. The molecule has 0 amide bonds. The Hall–Kier alpha value is -2.82. The number of carbonyl (C=O) groups is 2. The molecule has 1 atom stereocenters. The van der Waals surface area contributed by atoms with Gasteiger partial charge in [-0.05, 0) is 55.8 Å². The number of methoxy groups -OCH3 is 1. The summed E-state index contributed by atoms with van der Waals surface area (Å²) in [6.45, 7) is 3.29. The second-order valence-corrected chi connectivity index (χ2v) is 5.16. The zero-order valence-corrected chi connectivity index (χ0v) is 13.2. The number of phenolic OH excluding ortho intramolecular Hbond substituents is 1. The highest BCUT2D eigenvalue weighted by Crippen LogP contribution is 2.21. The molecule has 0 radical (unpaired) electrons. The van der Waals surface area contributed by atoms with E-state index < -0.39 is 12.1 Å². The number of benzene rings is 2. The van der Waals surface area contributed by atoms with Crippen molar-refractivity contribution < 1.29 is 24.2 Å². The summed E-state index contributed by atoms with van der Waals surface area (Å²) >= 11 is 0. The molecule has 0 unspecified atom stereocenters. The second kappa shape index (κ2) is 6.96. The SMILES string of the molecule is COc1ccc(C(=O)[C@H](C)OC(=O)c2ccc(C)cc2O)cc1. The summed E-state index contributed by atoms with van der Waals surface area (Å²) in [5, 5.41) is 9.79. The van der Waals surface area contributed by atoms with Crippen LogP contribution in [0.15, 0.2) is 42.5 Å². The van der Waals surface area contributed by atoms with Crippen LogP contribution >= 0.6 is 0 Å². The molecule has 2 rings (SSSR count). The standard InChI is InChI=1S/C18H18O5/c1-11-4-9-15(16(19)10-11)18(21)23-12(2)17(20)13-5-7-14(22-3)8-6-13/h4-10,12,19H,1-3H3/t12-/m0/s1. The second-order valence-electron chi connectivity index (χ2n) is 5.16. The fraction of sp³-hybridized carbons (Fsp3) is 0.222. The Morgan fingerprint density at radius 2 is 1.74 bits per heavy atom. The van der Waals surface area contributed by atoms with E-state index in [1.54, 1.807) is 37.3 Å². The van der Waals surface area contributed by atoms with Gasteiger partial charge in [-0.25, -0.2) is 4.79 Å². The first-order chi connectivity index (χ1) is 10.9. The van der Waals surface area contributed by atoms with E-state index in [9.17, 15) is 14.7 Å². The Balaban J connectivity index is 2.09. The minimum absolute atomic E-state index is 0.0324. The Kier molecular flexibility index (Phi) is 5.01. The molecule has 0 aliphatic rings. The quantitative estimate of drug-likeness (QED) is 0.678. The lowest BCUT2D eigenvalue weighted by Gasteiger charge is -2.13. The van der Waals surface area contributed by atoms with Crippen LogP contribution < -0.4 is 4.74 Å². The van der Waals surface area contributed by atoms with E-state index in [-0.39, 0.29) is 17.1 Å². The molecule has 0 spiro atoms. The van der Waals surface area contributed by atoms with Crippen LogP contribution in [0.2, 0.25) is 0 Å². The van der Waals surface area contributed by atoms with Crippen LogP contribution in [0.25, 0.3) is 0 Å². The number of ether oxygens (including phenoxy) is 2. The number of Topliss-reactive ketones (excluding diaryl/α,β-unsaturated/α-hetero) is 1. The highest BCUT2D eigenvalue weighted by molar-refractivity contribution is 6.01. The third kappa shape index (κ3) is 3.88. The fourth-order valence-electron chi connectivity index (χ4n) is 2.08. The molecule has 0 fully saturated rings. The third-order valence-electron chi connectivity index (χ3n) is 3.40. The maximum Gasteiger partial charge on any atom is 0.342 e. The Bertz CT molecular complexity index is 719. The maximum atomic E-state index is 12.3. The predicted octanol–water partition coefficient (Wildman–Crippen LogP) is 3.14. The van der Waals surface area contributed by atoms with Crippen LogP contribution in [-0.2, 0) is 4.74 Å². The van der Waals surface area contributed by atoms with Crippen molar-refractivity contribution in [2.45, 2.75) is 20.0 Å². The number of hydrogen-bond acceptors (Lipinski definition) is 5. The lowest BCUT2D eigenvalue weighted by Crippen LogP contribution is -2.24. The highest BCUT2D eigenvalue weighted by atomic mass is 16.5. The molecule has 1 N–H and O–H groups in total. The van der Waals surface area contributed by atoms with Crippen molar-refractivity contribution in [1.82, 2.24) is 0 Å². The summed E-state index contributed by atoms with van der Waals surface area (Å²) in [6, 6.07) is 11.2. The van der Waals surface area contributed by atoms with Crippen LogP contribution in [0.3, 0.4) is 0 Å². The molecule has 2 aromatic rings. The van der Waals surface area contributed by atoms with Gasteiger partial charge in [-0.15, -0.1) is 0 Å². The molecule has 5 nitrogen and oxygen atoms in total. The maximum absolute atomic E-state index is 12.3. The van der Waals surface area contributed by atoms with Gasteiger partial charge in [0.1, 0.15) is 17.1 Å². The van der Waals surface area contributed by atoms with E-state index in [0.717, 1.165) is 5.56 Å². The zero-order valence-electron chi connectivity index (χ0n) is 13.2. The summed E-state index contributed by atoms with van der Waals surface area (Å²) in [6.07, 6.45) is -0.961. The van der Waals surface area contributed by atoms with E-state index in [4.69, 9.17) is 9.47 Å². The van der Waals surface area contributed by atoms with Crippen molar-refractivity contribution >= 4 is 11.8 Å². The van der Waals surface area contributed by atoms with Crippen LogP contribution in [0.5, 0.6) is 11.5 Å². The summed E-state index contributed by atoms with van der Waals surface area (Å²) in [5.74, 6) is -0.598. The highest BCUT2D eigenvalue weighted by Gasteiger charge is 2.22. The van der Waals surface area contributed by atoms with Crippen LogP contribution in [0, 0.1) is 6.92 Å². The number of carbonyl (C=O) groups excluding carboxylic acids is 2. The van der Waals surface area contributed by atoms with Crippen LogP contribution in [0.4, 0.5) is 0 Å². The number of phenols is 1. The van der Waals surface area contributed by atoms with Crippen molar-refractivity contribution in [3.05, 3.63) is 59.2 Å². The summed E-state index contributed by atoms with van der Waals surface area (Å²) in [5.41, 5.74) is 1.27. The minimum Gasteiger partial charge on any atom is -0.507 e. The molecule has 120 valence electrons. The molecule has 23 heavy (non-hydrogen) atoms. The third-order valence-corrected chi connectivity index (χ3v) is 3.40. The molecule has 0 bridgehead atoms. The van der Waals surface area contributed by atoms with Crippen molar-refractivity contribution in [2.75, 3.05) is 7.11 Å². The van der Waals surface area contributed by atoms with Gasteiger partial charge in [-0.1, -0.05) is 6.07 Å². The molecular weight excluding hydrogens is 296 g/mol. The molecule has 0 aromatic heterocycles. The lowest BCUT2D eigenvalue weighted by molar-refractivity contribution is 0.0316. The number of aromatic hydroxyl groups is 1. The van der Waals surface area contributed by atoms with Crippen molar-refractivity contribution in [3.63, 3.8) is 0 Å². The summed E-state index contributed by atoms with van der Waals surface area (Å²) in [4.78, 5) is 24.3. The van der Waals surface area contributed by atoms with Crippen molar-refractivity contribution in [2.24, 2.45) is 0 Å². The summed E-state index contributed by atoms with van der Waals surface area (Å²) < 4.78 is 10.2. The molecule has 0 aliphatic heterocycles. The molecule has 0 saturated heterocycles.